The van der Waals surface area contributed by atoms with Crippen LogP contribution in [0.5, 0.6) is 17.2 Å². The molecule has 0 spiro atoms. The molecule has 0 radical (unpaired) electrons. The van der Waals surface area contributed by atoms with Gasteiger partial charge in [0.05, 0.1) is 20.8 Å². The van der Waals surface area contributed by atoms with Gasteiger partial charge in [-0.15, -0.1) is 0 Å². The highest BCUT2D eigenvalue weighted by molar-refractivity contribution is 6.76. The predicted octanol–water partition coefficient (Wildman–Crippen LogP) is 3.30. The van der Waals surface area contributed by atoms with Gasteiger partial charge < -0.3 is 19.3 Å². The van der Waals surface area contributed by atoms with E-state index in [1.807, 2.05) is 0 Å². The lowest BCUT2D eigenvalue weighted by Gasteiger charge is -2.14. The molecule has 22 heavy (non-hydrogen) atoms. The number of esters is 1. The molecule has 122 valence electrons. The zero-order valence-corrected chi connectivity index (χ0v) is 14.8. The molecule has 0 fully saturated rings. The maximum absolute atomic E-state index is 11.7. The van der Waals surface area contributed by atoms with Crippen molar-refractivity contribution < 1.29 is 24.1 Å². The SMILES string of the molecule is COc1cc(/C=C/C(=O)OCC[Si](C)(C)C)cc(OC)c1O. The van der Waals surface area contributed by atoms with E-state index in [1.54, 1.807) is 18.2 Å². The van der Waals surface area contributed by atoms with Gasteiger partial charge in [-0.05, 0) is 29.8 Å². The summed E-state index contributed by atoms with van der Waals surface area (Å²) in [7, 11) is 1.70. The molecule has 0 heterocycles. The third-order valence-electron chi connectivity index (χ3n) is 3.01. The third-order valence-corrected chi connectivity index (χ3v) is 4.71. The van der Waals surface area contributed by atoms with Crippen LogP contribution < -0.4 is 9.47 Å². The molecule has 0 aromatic heterocycles. The van der Waals surface area contributed by atoms with Crippen LogP contribution >= 0.6 is 0 Å². The van der Waals surface area contributed by atoms with Crippen LogP contribution in [-0.4, -0.2) is 40.0 Å². The number of aromatic hydroxyl groups is 1. The average molecular weight is 324 g/mol. The Balaban J connectivity index is 2.71. The molecule has 0 bridgehead atoms. The first-order chi connectivity index (χ1) is 10.3. The van der Waals surface area contributed by atoms with Crippen molar-refractivity contribution in [1.82, 2.24) is 0 Å². The van der Waals surface area contributed by atoms with Gasteiger partial charge in [0.25, 0.3) is 0 Å². The largest absolute Gasteiger partial charge is 0.502 e. The molecule has 0 saturated heterocycles. The molecule has 0 aliphatic heterocycles. The van der Waals surface area contributed by atoms with E-state index in [9.17, 15) is 9.90 Å². The summed E-state index contributed by atoms with van der Waals surface area (Å²) in [4.78, 5) is 11.7. The van der Waals surface area contributed by atoms with Crippen LogP contribution in [-0.2, 0) is 9.53 Å². The van der Waals surface area contributed by atoms with Crippen molar-refractivity contribution in [3.05, 3.63) is 23.8 Å². The van der Waals surface area contributed by atoms with Crippen LogP contribution in [0, 0.1) is 0 Å². The van der Waals surface area contributed by atoms with Gasteiger partial charge in [-0.2, -0.15) is 0 Å². The van der Waals surface area contributed by atoms with Crippen LogP contribution in [0.3, 0.4) is 0 Å². The Morgan fingerprint density at radius 3 is 2.18 bits per heavy atom. The summed E-state index contributed by atoms with van der Waals surface area (Å²) in [6, 6.07) is 4.17. The Kier molecular flexibility index (Phi) is 6.49. The Morgan fingerprint density at radius 2 is 1.73 bits per heavy atom. The van der Waals surface area contributed by atoms with Gasteiger partial charge >= 0.3 is 5.97 Å². The molecule has 0 atom stereocenters. The van der Waals surface area contributed by atoms with E-state index in [-0.39, 0.29) is 23.2 Å². The molecule has 6 heteroatoms. The minimum absolute atomic E-state index is 0.0696. The molecule has 0 saturated carbocycles. The fraction of sp³-hybridized carbons (Fsp3) is 0.438. The number of hydrogen-bond donors (Lipinski definition) is 1. The number of phenols is 1. The highest BCUT2D eigenvalue weighted by atomic mass is 28.3. The van der Waals surface area contributed by atoms with Crippen molar-refractivity contribution in [3.63, 3.8) is 0 Å². The summed E-state index contributed by atoms with van der Waals surface area (Å²) < 4.78 is 15.3. The summed E-state index contributed by atoms with van der Waals surface area (Å²) in [6.45, 7) is 7.13. The van der Waals surface area contributed by atoms with Crippen LogP contribution in [0.4, 0.5) is 0 Å². The monoisotopic (exact) mass is 324 g/mol. The number of carbonyl (C=O) groups excluding carboxylic acids is 1. The second-order valence-electron chi connectivity index (χ2n) is 6.09. The molecule has 1 N–H and O–H groups in total. The predicted molar refractivity (Wildman–Crippen MR) is 89.4 cm³/mol. The van der Waals surface area contributed by atoms with Crippen molar-refractivity contribution in [2.75, 3.05) is 20.8 Å². The van der Waals surface area contributed by atoms with Gasteiger partial charge in [0.15, 0.2) is 11.5 Å². The number of methoxy groups -OCH3 is 2. The maximum atomic E-state index is 11.7. The van der Waals surface area contributed by atoms with E-state index in [1.165, 1.54) is 20.3 Å². The number of rotatable bonds is 7. The average Bonchev–Trinajstić information content (AvgIpc) is 2.44. The third kappa shape index (κ3) is 5.81. The first-order valence-corrected chi connectivity index (χ1v) is 10.8. The van der Waals surface area contributed by atoms with Gasteiger partial charge in [-0.1, -0.05) is 19.6 Å². The lowest BCUT2D eigenvalue weighted by atomic mass is 10.1. The summed E-state index contributed by atoms with van der Waals surface area (Å²) in [5, 5.41) is 9.82. The normalized spacial score (nSPS) is 11.5. The Morgan fingerprint density at radius 1 is 1.18 bits per heavy atom. The van der Waals surface area contributed by atoms with Crippen LogP contribution in [0.25, 0.3) is 6.08 Å². The van der Waals surface area contributed by atoms with Gasteiger partial charge in [0.1, 0.15) is 0 Å². The minimum atomic E-state index is -1.20. The number of benzene rings is 1. The first kappa shape index (κ1) is 18.1. The fourth-order valence-electron chi connectivity index (χ4n) is 1.68. The quantitative estimate of drug-likeness (QED) is 0.473. The van der Waals surface area contributed by atoms with E-state index in [4.69, 9.17) is 14.2 Å². The van der Waals surface area contributed by atoms with E-state index in [0.717, 1.165) is 6.04 Å². The molecule has 0 amide bonds. The standard InChI is InChI=1S/C16H24O5Si/c1-19-13-10-12(11-14(20-2)16(13)18)6-7-15(17)21-8-9-22(3,4)5/h6-7,10-11,18H,8-9H2,1-5H3/b7-6+. The molecule has 5 nitrogen and oxygen atoms in total. The molecule has 0 unspecified atom stereocenters. The van der Waals surface area contributed by atoms with Crippen molar-refractivity contribution in [1.29, 1.82) is 0 Å². The van der Waals surface area contributed by atoms with E-state index < -0.39 is 8.07 Å². The molecule has 1 aromatic carbocycles. The Labute approximate surface area is 132 Å². The summed E-state index contributed by atoms with van der Waals surface area (Å²) in [5.74, 6) is 0.112. The zero-order chi connectivity index (χ0) is 16.8. The van der Waals surface area contributed by atoms with Gasteiger partial charge in [0.2, 0.25) is 5.75 Å². The number of ether oxygens (including phenoxy) is 3. The van der Waals surface area contributed by atoms with E-state index >= 15 is 0 Å². The van der Waals surface area contributed by atoms with Crippen molar-refractivity contribution in [2.24, 2.45) is 0 Å². The Hall–Kier alpha value is -1.95. The Bertz CT molecular complexity index is 521. The molecular formula is C16H24O5Si. The number of phenolic OH excluding ortho intramolecular Hbond substituents is 1. The van der Waals surface area contributed by atoms with Crippen molar-refractivity contribution in [2.45, 2.75) is 25.7 Å². The highest BCUT2D eigenvalue weighted by Crippen LogP contribution is 2.37. The van der Waals surface area contributed by atoms with E-state index in [0.29, 0.717) is 12.2 Å². The number of carbonyl (C=O) groups is 1. The van der Waals surface area contributed by atoms with Gasteiger partial charge in [-0.25, -0.2) is 4.79 Å². The van der Waals surface area contributed by atoms with Crippen LogP contribution in [0.2, 0.25) is 25.7 Å². The summed E-state index contributed by atoms with van der Waals surface area (Å²) >= 11 is 0. The van der Waals surface area contributed by atoms with Crippen LogP contribution in [0.15, 0.2) is 18.2 Å². The number of hydrogen-bond acceptors (Lipinski definition) is 5. The lowest BCUT2D eigenvalue weighted by molar-refractivity contribution is -0.137. The smallest absolute Gasteiger partial charge is 0.330 e. The second-order valence-corrected chi connectivity index (χ2v) is 11.7. The molecular weight excluding hydrogens is 300 g/mol. The zero-order valence-electron chi connectivity index (χ0n) is 13.8. The van der Waals surface area contributed by atoms with Gasteiger partial charge in [0, 0.05) is 14.1 Å². The lowest BCUT2D eigenvalue weighted by Crippen LogP contribution is -2.22. The summed E-state index contributed by atoms with van der Waals surface area (Å²) in [5.41, 5.74) is 0.675. The van der Waals surface area contributed by atoms with Gasteiger partial charge in [-0.3, -0.25) is 0 Å². The molecule has 0 aliphatic carbocycles. The molecule has 1 rings (SSSR count). The minimum Gasteiger partial charge on any atom is -0.502 e. The topological polar surface area (TPSA) is 65.0 Å². The van der Waals surface area contributed by atoms with Crippen molar-refractivity contribution >= 4 is 20.1 Å². The first-order valence-electron chi connectivity index (χ1n) is 7.06. The fourth-order valence-corrected chi connectivity index (χ4v) is 2.39. The highest BCUT2D eigenvalue weighted by Gasteiger charge is 2.13. The molecule has 0 aliphatic rings. The second kappa shape index (κ2) is 7.89. The van der Waals surface area contributed by atoms with E-state index in [2.05, 4.69) is 19.6 Å². The van der Waals surface area contributed by atoms with Crippen LogP contribution in [0.1, 0.15) is 5.56 Å². The molecule has 1 aromatic rings. The maximum Gasteiger partial charge on any atom is 0.330 e. The van der Waals surface area contributed by atoms with Crippen molar-refractivity contribution in [3.8, 4) is 17.2 Å². The summed E-state index contributed by atoms with van der Waals surface area (Å²) in [6.07, 6.45) is 2.96.